The molecule has 2 heterocycles. The van der Waals surface area contributed by atoms with Gasteiger partial charge >= 0.3 is 0 Å². The zero-order valence-electron chi connectivity index (χ0n) is 9.06. The highest BCUT2D eigenvalue weighted by atomic mass is 32.1. The number of hydrogen-bond acceptors (Lipinski definition) is 4. The van der Waals surface area contributed by atoms with Gasteiger partial charge in [-0.15, -0.1) is 0 Å². The van der Waals surface area contributed by atoms with E-state index in [-0.39, 0.29) is 0 Å². The third-order valence-electron chi connectivity index (χ3n) is 3.07. The third-order valence-corrected chi connectivity index (χ3v) is 3.37. The van der Waals surface area contributed by atoms with E-state index in [0.717, 1.165) is 36.1 Å². The van der Waals surface area contributed by atoms with Crippen LogP contribution >= 0.6 is 0 Å². The Balaban J connectivity index is 2.35. The highest BCUT2D eigenvalue weighted by Gasteiger charge is 2.22. The maximum absolute atomic E-state index is 9.23. The Kier molecular flexibility index (Phi) is 2.34. The molecular formula is C13H9N2OS-. The van der Waals surface area contributed by atoms with Crippen LogP contribution in [0.1, 0.15) is 23.2 Å². The number of nitriles is 1. The fourth-order valence-electron chi connectivity index (χ4n) is 2.35. The first-order chi connectivity index (χ1) is 8.31. The molecule has 0 atom stereocenters. The van der Waals surface area contributed by atoms with Crippen LogP contribution in [0, 0.1) is 11.3 Å². The van der Waals surface area contributed by atoms with Crippen LogP contribution in [-0.2, 0) is 25.5 Å². The van der Waals surface area contributed by atoms with Crippen LogP contribution in [0.2, 0.25) is 0 Å². The van der Waals surface area contributed by atoms with Gasteiger partial charge in [-0.25, -0.2) is 0 Å². The van der Waals surface area contributed by atoms with Crippen molar-refractivity contribution in [2.45, 2.75) is 24.3 Å². The van der Waals surface area contributed by atoms with Crippen LogP contribution in [0.15, 0.2) is 27.8 Å². The molecule has 0 N–H and O–H groups in total. The van der Waals surface area contributed by atoms with E-state index in [4.69, 9.17) is 17.0 Å². The molecule has 4 heteroatoms. The first-order valence-corrected chi connectivity index (χ1v) is 5.89. The third kappa shape index (κ3) is 1.51. The van der Waals surface area contributed by atoms with E-state index >= 15 is 0 Å². The van der Waals surface area contributed by atoms with Crippen LogP contribution in [0.3, 0.4) is 0 Å². The van der Waals surface area contributed by atoms with Gasteiger partial charge < -0.3 is 17.0 Å². The minimum atomic E-state index is 0.388. The lowest BCUT2D eigenvalue weighted by atomic mass is 10.0. The Morgan fingerprint density at radius 3 is 3.00 bits per heavy atom. The molecule has 1 aliphatic carbocycles. The van der Waals surface area contributed by atoms with Crippen LogP contribution < -0.4 is 0 Å². The SMILES string of the molecule is N#Cc1c([S-])nc2c(c1-c1ccco1)CCC2. The summed E-state index contributed by atoms with van der Waals surface area (Å²) >= 11 is 5.18. The number of furan rings is 1. The number of hydrogen-bond donors (Lipinski definition) is 0. The van der Waals surface area contributed by atoms with Crippen LogP contribution in [0.5, 0.6) is 0 Å². The lowest BCUT2D eigenvalue weighted by Gasteiger charge is -2.15. The van der Waals surface area contributed by atoms with Gasteiger partial charge in [0.1, 0.15) is 5.76 Å². The first kappa shape index (κ1) is 10.3. The van der Waals surface area contributed by atoms with Gasteiger partial charge in [-0.1, -0.05) is 5.03 Å². The second kappa shape index (κ2) is 3.86. The van der Waals surface area contributed by atoms with Gasteiger partial charge in [0.25, 0.3) is 0 Å². The average molecular weight is 241 g/mol. The van der Waals surface area contributed by atoms with Crippen molar-refractivity contribution in [3.8, 4) is 17.4 Å². The molecule has 1 aliphatic rings. The monoisotopic (exact) mass is 241 g/mol. The highest BCUT2D eigenvalue weighted by Crippen LogP contribution is 2.35. The predicted molar refractivity (Wildman–Crippen MR) is 64.3 cm³/mol. The molecule has 0 unspecified atom stereocenters. The predicted octanol–water partition coefficient (Wildman–Crippen LogP) is 2.61. The summed E-state index contributed by atoms with van der Waals surface area (Å²) in [5.41, 5.74) is 3.48. The largest absolute Gasteiger partial charge is 0.759 e. The van der Waals surface area contributed by atoms with Crippen LogP contribution in [-0.4, -0.2) is 4.98 Å². The van der Waals surface area contributed by atoms with Gasteiger partial charge in [-0.2, -0.15) is 5.26 Å². The van der Waals surface area contributed by atoms with Crippen molar-refractivity contribution in [2.24, 2.45) is 0 Å². The van der Waals surface area contributed by atoms with Crippen molar-refractivity contribution in [1.82, 2.24) is 4.98 Å². The minimum absolute atomic E-state index is 0.388. The molecule has 0 spiro atoms. The van der Waals surface area contributed by atoms with E-state index in [1.54, 1.807) is 6.26 Å². The number of fused-ring (bicyclic) bond motifs is 1. The van der Waals surface area contributed by atoms with Gasteiger partial charge in [0.15, 0.2) is 0 Å². The maximum atomic E-state index is 9.23. The van der Waals surface area contributed by atoms with Crippen molar-refractivity contribution in [1.29, 1.82) is 5.26 Å². The number of rotatable bonds is 1. The Morgan fingerprint density at radius 1 is 1.41 bits per heavy atom. The van der Waals surface area contributed by atoms with E-state index in [0.29, 0.717) is 16.3 Å². The zero-order valence-corrected chi connectivity index (χ0v) is 9.88. The summed E-state index contributed by atoms with van der Waals surface area (Å²) in [6.45, 7) is 0. The molecule has 0 amide bonds. The number of pyridine rings is 1. The van der Waals surface area contributed by atoms with Gasteiger partial charge in [0, 0.05) is 11.3 Å². The second-order valence-corrected chi connectivity index (χ2v) is 4.42. The summed E-state index contributed by atoms with van der Waals surface area (Å²) in [6.07, 6.45) is 4.57. The molecule has 3 nitrogen and oxygen atoms in total. The average Bonchev–Trinajstić information content (AvgIpc) is 2.97. The van der Waals surface area contributed by atoms with E-state index in [9.17, 15) is 5.26 Å². The highest BCUT2D eigenvalue weighted by molar-refractivity contribution is 7.58. The molecule has 2 aromatic rings. The summed E-state index contributed by atoms with van der Waals surface area (Å²) in [7, 11) is 0. The molecule has 0 saturated heterocycles. The zero-order chi connectivity index (χ0) is 11.8. The minimum Gasteiger partial charge on any atom is -0.759 e. The molecule has 0 aliphatic heterocycles. The molecular weight excluding hydrogens is 232 g/mol. The topological polar surface area (TPSA) is 49.8 Å². The van der Waals surface area contributed by atoms with Crippen molar-refractivity contribution >= 4 is 12.6 Å². The molecule has 0 fully saturated rings. The van der Waals surface area contributed by atoms with E-state index in [1.165, 1.54) is 0 Å². The van der Waals surface area contributed by atoms with Gasteiger partial charge in [-0.3, -0.25) is 4.98 Å². The molecule has 0 bridgehead atoms. The quantitative estimate of drug-likeness (QED) is 0.720. The van der Waals surface area contributed by atoms with Crippen molar-refractivity contribution in [3.63, 3.8) is 0 Å². The Labute approximate surface area is 105 Å². The lowest BCUT2D eigenvalue weighted by molar-refractivity contribution is 0.581. The Morgan fingerprint density at radius 2 is 2.29 bits per heavy atom. The summed E-state index contributed by atoms with van der Waals surface area (Å²) in [4.78, 5) is 4.35. The molecule has 17 heavy (non-hydrogen) atoms. The molecule has 0 saturated carbocycles. The fourth-order valence-corrected chi connectivity index (χ4v) is 2.61. The van der Waals surface area contributed by atoms with Crippen LogP contribution in [0.4, 0.5) is 0 Å². The van der Waals surface area contributed by atoms with E-state index in [2.05, 4.69) is 11.1 Å². The van der Waals surface area contributed by atoms with E-state index in [1.807, 2.05) is 12.1 Å². The number of aryl methyl sites for hydroxylation is 1. The molecule has 3 rings (SSSR count). The summed E-state index contributed by atoms with van der Waals surface area (Å²) < 4.78 is 5.42. The number of nitrogens with zero attached hydrogens (tertiary/aromatic N) is 2. The fraction of sp³-hybridized carbons (Fsp3) is 0.231. The normalized spacial score (nSPS) is 13.4. The van der Waals surface area contributed by atoms with Crippen molar-refractivity contribution < 1.29 is 4.42 Å². The Hall–Kier alpha value is -1.86. The lowest BCUT2D eigenvalue weighted by Crippen LogP contribution is -1.99. The Bertz CT molecular complexity index is 611. The maximum Gasteiger partial charge on any atom is 0.135 e. The van der Waals surface area contributed by atoms with Gasteiger partial charge in [-0.05, 0) is 37.0 Å². The smallest absolute Gasteiger partial charge is 0.135 e. The van der Waals surface area contributed by atoms with Crippen LogP contribution in [0.25, 0.3) is 11.3 Å². The molecule has 0 radical (unpaired) electrons. The molecule has 2 aromatic heterocycles. The summed E-state index contributed by atoms with van der Waals surface area (Å²) in [5.74, 6) is 0.716. The number of aromatic nitrogens is 1. The molecule has 84 valence electrons. The standard InChI is InChI=1S/C13H10N2OS/c14-7-9-12(11-5-2-6-16-11)8-3-1-4-10(8)15-13(9)17/h2,5-6H,1,3-4H2,(H,15,17)/p-1. The molecule has 0 aromatic carbocycles. The van der Waals surface area contributed by atoms with Crippen molar-refractivity contribution in [3.05, 3.63) is 35.2 Å². The second-order valence-electron chi connectivity index (χ2n) is 4.03. The summed E-state index contributed by atoms with van der Waals surface area (Å²) in [5, 5.41) is 9.62. The summed E-state index contributed by atoms with van der Waals surface area (Å²) in [6, 6.07) is 5.84. The van der Waals surface area contributed by atoms with Crippen molar-refractivity contribution in [2.75, 3.05) is 0 Å². The van der Waals surface area contributed by atoms with Gasteiger partial charge in [0.05, 0.1) is 17.9 Å². The van der Waals surface area contributed by atoms with E-state index < -0.39 is 0 Å². The van der Waals surface area contributed by atoms with Gasteiger partial charge in [0.2, 0.25) is 0 Å². The first-order valence-electron chi connectivity index (χ1n) is 5.48.